The fourth-order valence-electron chi connectivity index (χ4n) is 2.56. The molecule has 0 spiro atoms. The Morgan fingerprint density at radius 2 is 1.81 bits per heavy atom. The maximum atomic E-state index is 13.7. The third-order valence-corrected chi connectivity index (χ3v) is 4.07. The molecule has 1 amide bonds. The summed E-state index contributed by atoms with van der Waals surface area (Å²) in [7, 11) is 1.43. The maximum absolute atomic E-state index is 13.7. The number of nitrogens with two attached hydrogens (primary N) is 1. The normalized spacial score (nSPS) is 10.3. The van der Waals surface area contributed by atoms with Crippen molar-refractivity contribution in [1.29, 1.82) is 0 Å². The summed E-state index contributed by atoms with van der Waals surface area (Å²) in [5.74, 6) is -0.450. The molecule has 4 N–H and O–H groups in total. The van der Waals surface area contributed by atoms with E-state index in [1.165, 1.54) is 13.2 Å². The molecular weight excluding hydrogens is 345 g/mol. The monoisotopic (exact) mass is 365 g/mol. The Labute approximate surface area is 157 Å². The Bertz CT molecular complexity index is 942. The second-order valence-electron chi connectivity index (χ2n) is 5.94. The van der Waals surface area contributed by atoms with E-state index in [-0.39, 0.29) is 11.7 Å². The highest BCUT2D eigenvalue weighted by atomic mass is 19.1. The summed E-state index contributed by atoms with van der Waals surface area (Å²) in [6.07, 6.45) is 0. The topological polar surface area (TPSA) is 76.4 Å². The highest BCUT2D eigenvalue weighted by Crippen LogP contribution is 2.21. The molecule has 0 aromatic heterocycles. The van der Waals surface area contributed by atoms with Crippen molar-refractivity contribution in [3.05, 3.63) is 83.7 Å². The van der Waals surface area contributed by atoms with Crippen molar-refractivity contribution in [3.8, 4) is 5.75 Å². The lowest BCUT2D eigenvalue weighted by Crippen LogP contribution is -2.13. The molecule has 5 nitrogen and oxygen atoms in total. The van der Waals surface area contributed by atoms with E-state index in [0.29, 0.717) is 29.2 Å². The number of amides is 1. The third kappa shape index (κ3) is 4.55. The zero-order valence-corrected chi connectivity index (χ0v) is 14.8. The van der Waals surface area contributed by atoms with E-state index >= 15 is 0 Å². The molecule has 0 atom stereocenters. The van der Waals surface area contributed by atoms with Gasteiger partial charge < -0.3 is 21.1 Å². The van der Waals surface area contributed by atoms with Gasteiger partial charge in [0.2, 0.25) is 0 Å². The maximum Gasteiger partial charge on any atom is 0.255 e. The molecule has 0 heterocycles. The van der Waals surface area contributed by atoms with Gasteiger partial charge in [-0.15, -0.1) is 0 Å². The quantitative estimate of drug-likeness (QED) is 0.570. The minimum atomic E-state index is -0.422. The standard InChI is InChI=1S/C21H20FN3O2/c1-27-20-11-10-16(12-17(20)22)24-13-14-6-8-15(9-7-14)21(26)25-19-5-3-2-4-18(19)23/h2-12,24H,13,23H2,1H3,(H,25,26). The van der Waals surface area contributed by atoms with E-state index in [1.807, 2.05) is 24.3 Å². The number of benzene rings is 3. The number of hydrogen-bond donors (Lipinski definition) is 3. The molecule has 0 saturated carbocycles. The summed E-state index contributed by atoms with van der Waals surface area (Å²) < 4.78 is 18.6. The molecule has 0 saturated heterocycles. The van der Waals surface area contributed by atoms with Gasteiger partial charge >= 0.3 is 0 Å². The molecule has 3 aromatic rings. The van der Waals surface area contributed by atoms with Crippen LogP contribution in [-0.2, 0) is 6.54 Å². The first-order chi connectivity index (χ1) is 13.1. The van der Waals surface area contributed by atoms with Crippen LogP contribution in [0.2, 0.25) is 0 Å². The Hall–Kier alpha value is -3.54. The van der Waals surface area contributed by atoms with Crippen LogP contribution in [0.5, 0.6) is 5.75 Å². The average molecular weight is 365 g/mol. The van der Waals surface area contributed by atoms with Gasteiger partial charge in [-0.05, 0) is 42.0 Å². The van der Waals surface area contributed by atoms with Crippen molar-refractivity contribution in [1.82, 2.24) is 0 Å². The summed E-state index contributed by atoms with van der Waals surface area (Å²) in [4.78, 5) is 12.3. The number of para-hydroxylation sites is 2. The van der Waals surface area contributed by atoms with E-state index in [1.54, 1.807) is 36.4 Å². The predicted molar refractivity (Wildman–Crippen MR) is 106 cm³/mol. The van der Waals surface area contributed by atoms with Crippen molar-refractivity contribution in [2.75, 3.05) is 23.5 Å². The minimum absolute atomic E-state index is 0.204. The average Bonchev–Trinajstić information content (AvgIpc) is 2.68. The second-order valence-corrected chi connectivity index (χ2v) is 5.94. The van der Waals surface area contributed by atoms with Gasteiger partial charge in [0.15, 0.2) is 11.6 Å². The molecule has 0 radical (unpaired) electrons. The number of nitrogen functional groups attached to an aromatic ring is 1. The molecule has 0 unspecified atom stereocenters. The largest absolute Gasteiger partial charge is 0.494 e. The fourth-order valence-corrected chi connectivity index (χ4v) is 2.56. The number of ether oxygens (including phenoxy) is 1. The van der Waals surface area contributed by atoms with Gasteiger partial charge in [-0.3, -0.25) is 4.79 Å². The van der Waals surface area contributed by atoms with E-state index < -0.39 is 5.82 Å². The SMILES string of the molecule is COc1ccc(NCc2ccc(C(=O)Nc3ccccc3N)cc2)cc1F. The molecule has 0 aliphatic heterocycles. The van der Waals surface area contributed by atoms with E-state index in [4.69, 9.17) is 10.5 Å². The van der Waals surface area contributed by atoms with Crippen LogP contribution in [0.15, 0.2) is 66.7 Å². The molecule has 0 aliphatic carbocycles. The van der Waals surface area contributed by atoms with Gasteiger partial charge in [0.1, 0.15) is 0 Å². The molecule has 3 rings (SSSR count). The number of halogens is 1. The van der Waals surface area contributed by atoms with Crippen LogP contribution in [0.3, 0.4) is 0 Å². The van der Waals surface area contributed by atoms with Crippen LogP contribution in [0, 0.1) is 5.82 Å². The lowest BCUT2D eigenvalue weighted by molar-refractivity contribution is 0.102. The number of nitrogens with one attached hydrogen (secondary N) is 2. The lowest BCUT2D eigenvalue weighted by Gasteiger charge is -2.10. The number of methoxy groups -OCH3 is 1. The summed E-state index contributed by atoms with van der Waals surface area (Å²) in [5.41, 5.74) is 9.06. The van der Waals surface area contributed by atoms with Gasteiger partial charge in [-0.2, -0.15) is 0 Å². The van der Waals surface area contributed by atoms with Crippen LogP contribution in [-0.4, -0.2) is 13.0 Å². The zero-order valence-electron chi connectivity index (χ0n) is 14.8. The molecule has 27 heavy (non-hydrogen) atoms. The first-order valence-electron chi connectivity index (χ1n) is 8.39. The number of anilines is 3. The van der Waals surface area contributed by atoms with E-state index in [9.17, 15) is 9.18 Å². The van der Waals surface area contributed by atoms with Gasteiger partial charge in [0, 0.05) is 23.9 Å². The van der Waals surface area contributed by atoms with Crippen molar-refractivity contribution in [3.63, 3.8) is 0 Å². The first-order valence-corrected chi connectivity index (χ1v) is 8.39. The van der Waals surface area contributed by atoms with Gasteiger partial charge in [0.05, 0.1) is 18.5 Å². The third-order valence-electron chi connectivity index (χ3n) is 4.07. The van der Waals surface area contributed by atoms with Gasteiger partial charge in [-0.1, -0.05) is 24.3 Å². The van der Waals surface area contributed by atoms with E-state index in [0.717, 1.165) is 5.56 Å². The van der Waals surface area contributed by atoms with Crippen LogP contribution in [0.25, 0.3) is 0 Å². The van der Waals surface area contributed by atoms with Crippen molar-refractivity contribution in [2.24, 2.45) is 0 Å². The number of rotatable bonds is 6. The van der Waals surface area contributed by atoms with Crippen molar-refractivity contribution in [2.45, 2.75) is 6.54 Å². The van der Waals surface area contributed by atoms with Gasteiger partial charge in [0.25, 0.3) is 5.91 Å². The number of carbonyl (C=O) groups is 1. The molecule has 138 valence electrons. The summed E-state index contributed by atoms with van der Waals surface area (Å²) in [5, 5.41) is 5.92. The van der Waals surface area contributed by atoms with Crippen LogP contribution >= 0.6 is 0 Å². The smallest absolute Gasteiger partial charge is 0.255 e. The van der Waals surface area contributed by atoms with Crippen LogP contribution < -0.4 is 21.1 Å². The summed E-state index contributed by atoms with van der Waals surface area (Å²) in [6.45, 7) is 0.499. The van der Waals surface area contributed by atoms with Crippen LogP contribution in [0.1, 0.15) is 15.9 Å². The highest BCUT2D eigenvalue weighted by molar-refractivity contribution is 6.05. The van der Waals surface area contributed by atoms with Crippen LogP contribution in [0.4, 0.5) is 21.5 Å². The summed E-state index contributed by atoms with van der Waals surface area (Å²) in [6, 6.07) is 18.9. The number of hydrogen-bond acceptors (Lipinski definition) is 4. The first kappa shape index (κ1) is 18.3. The van der Waals surface area contributed by atoms with Crippen molar-refractivity contribution >= 4 is 23.0 Å². The lowest BCUT2D eigenvalue weighted by atomic mass is 10.1. The van der Waals surface area contributed by atoms with Gasteiger partial charge in [-0.25, -0.2) is 4.39 Å². The molecule has 0 aliphatic rings. The Balaban J connectivity index is 1.61. The fraction of sp³-hybridized carbons (Fsp3) is 0.0952. The molecule has 6 heteroatoms. The second kappa shape index (κ2) is 8.23. The molecule has 3 aromatic carbocycles. The predicted octanol–water partition coefficient (Wildman–Crippen LogP) is 4.28. The highest BCUT2D eigenvalue weighted by Gasteiger charge is 2.08. The Morgan fingerprint density at radius 1 is 1.07 bits per heavy atom. The molecule has 0 fully saturated rings. The minimum Gasteiger partial charge on any atom is -0.494 e. The Kier molecular flexibility index (Phi) is 5.56. The zero-order chi connectivity index (χ0) is 19.2. The van der Waals surface area contributed by atoms with Crippen molar-refractivity contribution < 1.29 is 13.9 Å². The Morgan fingerprint density at radius 3 is 2.48 bits per heavy atom. The summed E-state index contributed by atoms with van der Waals surface area (Å²) >= 11 is 0. The molecule has 0 bridgehead atoms. The van der Waals surface area contributed by atoms with E-state index in [2.05, 4.69) is 10.6 Å². The number of carbonyl (C=O) groups excluding carboxylic acids is 1. The molecular formula is C21H20FN3O2.